The van der Waals surface area contributed by atoms with Crippen molar-refractivity contribution in [2.75, 3.05) is 25.1 Å². The number of ether oxygens (including phenoxy) is 2. The summed E-state index contributed by atoms with van der Waals surface area (Å²) in [5.74, 6) is -0.835. The highest BCUT2D eigenvalue weighted by molar-refractivity contribution is 7.89. The van der Waals surface area contributed by atoms with Gasteiger partial charge in [-0.05, 0) is 62.2 Å². The highest BCUT2D eigenvalue weighted by Gasteiger charge is 2.17. The Kier molecular flexibility index (Phi) is 7.74. The first-order chi connectivity index (χ1) is 13.7. The summed E-state index contributed by atoms with van der Waals surface area (Å²) in [6.07, 6.45) is 0. The third-order valence-electron chi connectivity index (χ3n) is 3.88. The lowest BCUT2D eigenvalue weighted by molar-refractivity contribution is -0.146. The molecular weight excluding hydrogens is 396 g/mol. The molecule has 0 aromatic heterocycles. The van der Waals surface area contributed by atoms with Crippen LogP contribution < -0.4 is 14.8 Å². The van der Waals surface area contributed by atoms with Crippen LogP contribution in [-0.4, -0.2) is 40.1 Å². The molecule has 0 aliphatic heterocycles. The lowest BCUT2D eigenvalue weighted by atomic mass is 10.1. The number of sulfonamides is 1. The fourth-order valence-corrected chi connectivity index (χ4v) is 3.34. The number of hydrogen-bond acceptors (Lipinski definition) is 6. The number of anilines is 1. The molecule has 29 heavy (non-hydrogen) atoms. The lowest BCUT2D eigenvalue weighted by Crippen LogP contribution is -2.32. The van der Waals surface area contributed by atoms with E-state index in [1.807, 2.05) is 32.9 Å². The normalized spacial score (nSPS) is 11.0. The maximum atomic E-state index is 12.2. The monoisotopic (exact) mass is 420 g/mol. The molecule has 2 aromatic carbocycles. The Bertz CT molecular complexity index is 971. The Morgan fingerprint density at radius 1 is 1.03 bits per heavy atom. The van der Waals surface area contributed by atoms with Gasteiger partial charge in [0.25, 0.3) is 5.91 Å². The van der Waals surface area contributed by atoms with Crippen LogP contribution in [-0.2, 0) is 24.3 Å². The number of carbonyl (C=O) groups is 2. The molecule has 0 unspecified atom stereocenters. The standard InChI is InChI=1S/C20H24N2O6S/c1-4-27-16-7-9-17(10-8-16)29(25,26)21-12-20(24)28-13-19(23)22-18-11-14(2)5-6-15(18)3/h5-11,21H,4,12-13H2,1-3H3,(H,22,23). The Labute approximate surface area is 170 Å². The molecule has 0 saturated heterocycles. The third-order valence-corrected chi connectivity index (χ3v) is 5.30. The third kappa shape index (κ3) is 6.88. The highest BCUT2D eigenvalue weighted by atomic mass is 32.2. The van der Waals surface area contributed by atoms with Gasteiger partial charge in [-0.3, -0.25) is 9.59 Å². The number of benzene rings is 2. The largest absolute Gasteiger partial charge is 0.494 e. The van der Waals surface area contributed by atoms with Crippen molar-refractivity contribution in [1.82, 2.24) is 4.72 Å². The molecule has 0 spiro atoms. The van der Waals surface area contributed by atoms with Gasteiger partial charge in [-0.25, -0.2) is 8.42 Å². The van der Waals surface area contributed by atoms with Gasteiger partial charge in [-0.15, -0.1) is 0 Å². The molecule has 0 fully saturated rings. The molecule has 1 amide bonds. The summed E-state index contributed by atoms with van der Waals surface area (Å²) in [6, 6.07) is 11.4. The first-order valence-electron chi connectivity index (χ1n) is 8.96. The second-order valence-electron chi connectivity index (χ2n) is 6.26. The number of hydrogen-bond donors (Lipinski definition) is 2. The maximum Gasteiger partial charge on any atom is 0.321 e. The van der Waals surface area contributed by atoms with Crippen LogP contribution in [0.3, 0.4) is 0 Å². The van der Waals surface area contributed by atoms with Crippen LogP contribution in [0.25, 0.3) is 0 Å². The van der Waals surface area contributed by atoms with E-state index in [1.165, 1.54) is 24.3 Å². The Morgan fingerprint density at radius 2 is 1.72 bits per heavy atom. The molecule has 2 aromatic rings. The smallest absolute Gasteiger partial charge is 0.321 e. The van der Waals surface area contributed by atoms with Crippen molar-refractivity contribution in [2.45, 2.75) is 25.7 Å². The summed E-state index contributed by atoms with van der Waals surface area (Å²) >= 11 is 0. The van der Waals surface area contributed by atoms with Gasteiger partial charge in [0.2, 0.25) is 10.0 Å². The van der Waals surface area contributed by atoms with Gasteiger partial charge in [-0.1, -0.05) is 12.1 Å². The molecule has 0 bridgehead atoms. The zero-order valence-electron chi connectivity index (χ0n) is 16.5. The molecule has 0 radical (unpaired) electrons. The molecule has 9 heteroatoms. The fraction of sp³-hybridized carbons (Fsp3) is 0.300. The van der Waals surface area contributed by atoms with Crippen LogP contribution in [0.1, 0.15) is 18.1 Å². The van der Waals surface area contributed by atoms with Gasteiger partial charge >= 0.3 is 5.97 Å². The Hall–Kier alpha value is -2.91. The van der Waals surface area contributed by atoms with Gasteiger partial charge in [-0.2, -0.15) is 4.72 Å². The predicted octanol–water partition coefficient (Wildman–Crippen LogP) is 2.16. The second kappa shape index (κ2) is 10.0. The highest BCUT2D eigenvalue weighted by Crippen LogP contribution is 2.17. The van der Waals surface area contributed by atoms with E-state index in [-0.39, 0.29) is 4.90 Å². The lowest BCUT2D eigenvalue weighted by Gasteiger charge is -2.10. The van der Waals surface area contributed by atoms with Crippen molar-refractivity contribution in [3.8, 4) is 5.75 Å². The number of nitrogens with one attached hydrogen (secondary N) is 2. The molecule has 0 aliphatic carbocycles. The summed E-state index contributed by atoms with van der Waals surface area (Å²) in [7, 11) is -3.89. The van der Waals surface area contributed by atoms with E-state index in [2.05, 4.69) is 10.0 Å². The van der Waals surface area contributed by atoms with E-state index in [0.717, 1.165) is 11.1 Å². The molecule has 0 aliphatic rings. The zero-order chi connectivity index (χ0) is 21.4. The topological polar surface area (TPSA) is 111 Å². The van der Waals surface area contributed by atoms with Crippen molar-refractivity contribution in [3.63, 3.8) is 0 Å². The van der Waals surface area contributed by atoms with Crippen molar-refractivity contribution in [1.29, 1.82) is 0 Å². The molecular formula is C20H24N2O6S. The molecule has 0 heterocycles. The van der Waals surface area contributed by atoms with Crippen LogP contribution in [0, 0.1) is 13.8 Å². The average molecular weight is 420 g/mol. The minimum atomic E-state index is -3.89. The Balaban J connectivity index is 1.82. The summed E-state index contributed by atoms with van der Waals surface area (Å²) < 4.78 is 36.7. The zero-order valence-corrected chi connectivity index (χ0v) is 17.3. The maximum absolute atomic E-state index is 12.2. The minimum absolute atomic E-state index is 0.0126. The van der Waals surface area contributed by atoms with Crippen molar-refractivity contribution in [2.24, 2.45) is 0 Å². The van der Waals surface area contributed by atoms with Gasteiger partial charge in [0.05, 0.1) is 11.5 Å². The van der Waals surface area contributed by atoms with Crippen LogP contribution in [0.2, 0.25) is 0 Å². The van der Waals surface area contributed by atoms with Crippen molar-refractivity contribution >= 4 is 27.6 Å². The van der Waals surface area contributed by atoms with E-state index in [1.54, 1.807) is 6.07 Å². The average Bonchev–Trinajstić information content (AvgIpc) is 2.68. The molecule has 2 rings (SSSR count). The van der Waals surface area contributed by atoms with Crippen molar-refractivity contribution < 1.29 is 27.5 Å². The molecule has 8 nitrogen and oxygen atoms in total. The molecule has 2 N–H and O–H groups in total. The first kappa shape index (κ1) is 22.4. The number of carbonyl (C=O) groups excluding carboxylic acids is 2. The fourth-order valence-electron chi connectivity index (χ4n) is 2.37. The quantitative estimate of drug-likeness (QED) is 0.602. The first-order valence-corrected chi connectivity index (χ1v) is 10.4. The number of amides is 1. The minimum Gasteiger partial charge on any atom is -0.494 e. The molecule has 0 saturated carbocycles. The van der Waals surface area contributed by atoms with Crippen molar-refractivity contribution in [3.05, 3.63) is 53.6 Å². The van der Waals surface area contributed by atoms with E-state index in [9.17, 15) is 18.0 Å². The van der Waals surface area contributed by atoms with Crippen LogP contribution in [0.4, 0.5) is 5.69 Å². The number of esters is 1. The predicted molar refractivity (Wildman–Crippen MR) is 108 cm³/mol. The van der Waals surface area contributed by atoms with Gasteiger partial charge < -0.3 is 14.8 Å². The van der Waals surface area contributed by atoms with Gasteiger partial charge in [0, 0.05) is 5.69 Å². The molecule has 0 atom stereocenters. The SMILES string of the molecule is CCOc1ccc(S(=O)(=O)NCC(=O)OCC(=O)Nc2cc(C)ccc2C)cc1. The van der Waals surface area contributed by atoms with E-state index >= 15 is 0 Å². The van der Waals surface area contributed by atoms with Crippen LogP contribution >= 0.6 is 0 Å². The summed E-state index contributed by atoms with van der Waals surface area (Å²) in [5, 5.41) is 2.65. The second-order valence-corrected chi connectivity index (χ2v) is 8.02. The van der Waals surface area contributed by atoms with Gasteiger partial charge in [0.1, 0.15) is 12.3 Å². The van der Waals surface area contributed by atoms with Crippen LogP contribution in [0.5, 0.6) is 5.75 Å². The van der Waals surface area contributed by atoms with Crippen LogP contribution in [0.15, 0.2) is 47.4 Å². The Morgan fingerprint density at radius 3 is 2.38 bits per heavy atom. The van der Waals surface area contributed by atoms with Gasteiger partial charge in [0.15, 0.2) is 6.61 Å². The van der Waals surface area contributed by atoms with E-state index < -0.39 is 35.1 Å². The van der Waals surface area contributed by atoms with E-state index in [4.69, 9.17) is 9.47 Å². The number of aryl methyl sites for hydroxylation is 2. The summed E-state index contributed by atoms with van der Waals surface area (Å²) in [6.45, 7) is 4.92. The summed E-state index contributed by atoms with van der Waals surface area (Å²) in [4.78, 5) is 23.7. The number of rotatable bonds is 9. The summed E-state index contributed by atoms with van der Waals surface area (Å²) in [5.41, 5.74) is 2.48. The van der Waals surface area contributed by atoms with E-state index in [0.29, 0.717) is 18.0 Å². The molecule has 156 valence electrons.